The van der Waals surface area contributed by atoms with Crippen LogP contribution in [0.4, 0.5) is 4.79 Å². The third-order valence-corrected chi connectivity index (χ3v) is 3.42. The minimum atomic E-state index is -1.26. The Hall–Kier alpha value is -0.620. The lowest BCUT2D eigenvalue weighted by Crippen LogP contribution is -2.42. The van der Waals surface area contributed by atoms with E-state index in [1.165, 1.54) is 0 Å². The van der Waals surface area contributed by atoms with E-state index in [2.05, 4.69) is 0 Å². The van der Waals surface area contributed by atoms with Crippen LogP contribution in [0, 0.1) is 0 Å². The van der Waals surface area contributed by atoms with Gasteiger partial charge in [0, 0.05) is 13.1 Å². The van der Waals surface area contributed by atoms with E-state index in [1.807, 2.05) is 0 Å². The molecule has 2 N–H and O–H groups in total. The normalized spacial score (nSPS) is 20.6. The van der Waals surface area contributed by atoms with Crippen molar-refractivity contribution in [1.82, 2.24) is 4.90 Å². The second-order valence-electron chi connectivity index (χ2n) is 3.21. The molecule has 14 heavy (non-hydrogen) atoms. The number of likely N-dealkylation sites (tertiary alicyclic amines) is 1. The fourth-order valence-corrected chi connectivity index (χ4v) is 2.16. The maximum absolute atomic E-state index is 11.3. The summed E-state index contributed by atoms with van der Waals surface area (Å²) < 4.78 is 15.8. The predicted molar refractivity (Wildman–Crippen MR) is 53.9 cm³/mol. The molecule has 1 amide bonds. The van der Waals surface area contributed by atoms with E-state index in [9.17, 15) is 9.00 Å². The van der Waals surface area contributed by atoms with Crippen molar-refractivity contribution in [3.05, 3.63) is 0 Å². The van der Waals surface area contributed by atoms with Gasteiger partial charge < -0.3 is 9.64 Å². The van der Waals surface area contributed by atoms with E-state index in [4.69, 9.17) is 9.88 Å². The molecule has 5 nitrogen and oxygen atoms in total. The molecule has 0 radical (unpaired) electrons. The molecule has 0 aliphatic carbocycles. The Bertz CT molecular complexity index is 227. The van der Waals surface area contributed by atoms with Crippen LogP contribution >= 0.6 is 0 Å². The maximum atomic E-state index is 11.3. The van der Waals surface area contributed by atoms with E-state index in [-0.39, 0.29) is 11.3 Å². The number of nitrogens with zero attached hydrogens (tertiary/aromatic N) is 1. The zero-order valence-electron chi connectivity index (χ0n) is 8.27. The van der Waals surface area contributed by atoms with Crippen LogP contribution in [0.3, 0.4) is 0 Å². The molecule has 6 heteroatoms. The molecule has 1 saturated heterocycles. The van der Waals surface area contributed by atoms with Crippen molar-refractivity contribution in [3.63, 3.8) is 0 Å². The van der Waals surface area contributed by atoms with Crippen LogP contribution in [-0.4, -0.2) is 40.1 Å². The highest BCUT2D eigenvalue weighted by Crippen LogP contribution is 2.14. The molecule has 0 spiro atoms. The first-order chi connectivity index (χ1) is 6.65. The minimum Gasteiger partial charge on any atom is -0.450 e. The molecule has 1 aliphatic heterocycles. The van der Waals surface area contributed by atoms with Gasteiger partial charge in [0.15, 0.2) is 0 Å². The minimum absolute atomic E-state index is 0.0284. The number of rotatable bonds is 2. The second kappa shape index (κ2) is 5.31. The van der Waals surface area contributed by atoms with Gasteiger partial charge in [-0.3, -0.25) is 5.14 Å². The Labute approximate surface area is 86.2 Å². The summed E-state index contributed by atoms with van der Waals surface area (Å²) >= 11 is 0. The molecule has 1 atom stereocenters. The lowest BCUT2D eigenvalue weighted by molar-refractivity contribution is 0.100. The highest BCUT2D eigenvalue weighted by Gasteiger charge is 2.25. The number of amides is 1. The number of nitrogens with two attached hydrogens (primary N) is 1. The fraction of sp³-hybridized carbons (Fsp3) is 0.875. The molecule has 0 bridgehead atoms. The van der Waals surface area contributed by atoms with E-state index in [0.717, 1.165) is 0 Å². The van der Waals surface area contributed by atoms with Crippen LogP contribution in [0.1, 0.15) is 19.8 Å². The Balaban J connectivity index is 2.35. The molecule has 1 heterocycles. The van der Waals surface area contributed by atoms with Gasteiger partial charge in [0.25, 0.3) is 0 Å². The molecule has 1 rings (SSSR count). The van der Waals surface area contributed by atoms with Gasteiger partial charge in [-0.1, -0.05) is 0 Å². The number of hydrogen-bond acceptors (Lipinski definition) is 3. The standard InChI is InChI=1S/C8H16N2O3S/c1-2-13-8(11)10-5-3-7(4-6-10)14(9)12/h7H,2-6,9H2,1H3. The summed E-state index contributed by atoms with van der Waals surface area (Å²) in [5.74, 6) is 0. The lowest BCUT2D eigenvalue weighted by Gasteiger charge is -2.29. The first-order valence-corrected chi connectivity index (χ1v) is 5.99. The number of piperidine rings is 1. The molecule has 1 fully saturated rings. The molecule has 1 unspecified atom stereocenters. The fourth-order valence-electron chi connectivity index (χ4n) is 1.49. The molecule has 82 valence electrons. The zero-order valence-corrected chi connectivity index (χ0v) is 9.09. The van der Waals surface area contributed by atoms with Gasteiger partial charge in [0.1, 0.15) is 0 Å². The van der Waals surface area contributed by atoms with Crippen molar-refractivity contribution in [2.24, 2.45) is 5.14 Å². The summed E-state index contributed by atoms with van der Waals surface area (Å²) in [6, 6.07) is 0. The number of hydrogen-bond donors (Lipinski definition) is 1. The van der Waals surface area contributed by atoms with Gasteiger partial charge in [-0.05, 0) is 19.8 Å². The smallest absolute Gasteiger partial charge is 0.409 e. The van der Waals surface area contributed by atoms with Crippen molar-refractivity contribution in [2.75, 3.05) is 19.7 Å². The average molecular weight is 220 g/mol. The summed E-state index contributed by atoms with van der Waals surface area (Å²) in [4.78, 5) is 12.9. The Morgan fingerprint density at radius 3 is 2.57 bits per heavy atom. The molecule has 0 aromatic rings. The molecular weight excluding hydrogens is 204 g/mol. The van der Waals surface area contributed by atoms with Gasteiger partial charge in [0.2, 0.25) is 0 Å². The largest absolute Gasteiger partial charge is 0.450 e. The zero-order chi connectivity index (χ0) is 10.6. The van der Waals surface area contributed by atoms with E-state index in [0.29, 0.717) is 32.5 Å². The second-order valence-corrected chi connectivity index (χ2v) is 4.54. The predicted octanol–water partition coefficient (Wildman–Crippen LogP) is 0.230. The van der Waals surface area contributed by atoms with E-state index < -0.39 is 11.0 Å². The number of carbonyl (C=O) groups is 1. The van der Waals surface area contributed by atoms with Gasteiger partial charge in [-0.2, -0.15) is 0 Å². The van der Waals surface area contributed by atoms with E-state index in [1.54, 1.807) is 11.8 Å². The van der Waals surface area contributed by atoms with Crippen LogP contribution < -0.4 is 5.14 Å². The highest BCUT2D eigenvalue weighted by atomic mass is 32.2. The van der Waals surface area contributed by atoms with Crippen LogP contribution in [0.2, 0.25) is 0 Å². The van der Waals surface area contributed by atoms with Crippen LogP contribution in [-0.2, 0) is 15.7 Å². The van der Waals surface area contributed by atoms with Gasteiger partial charge in [-0.25, -0.2) is 9.00 Å². The molecular formula is C8H16N2O3S. The Morgan fingerprint density at radius 2 is 2.14 bits per heavy atom. The third kappa shape index (κ3) is 2.95. The van der Waals surface area contributed by atoms with Gasteiger partial charge in [-0.15, -0.1) is 0 Å². The summed E-state index contributed by atoms with van der Waals surface area (Å²) in [5, 5.41) is 5.31. The van der Waals surface area contributed by atoms with Crippen molar-refractivity contribution < 1.29 is 13.7 Å². The first-order valence-electron chi connectivity index (χ1n) is 4.71. The number of carbonyl (C=O) groups excluding carboxylic acids is 1. The summed E-state index contributed by atoms with van der Waals surface area (Å²) in [5.41, 5.74) is 0. The monoisotopic (exact) mass is 220 g/mol. The average Bonchev–Trinajstić information content (AvgIpc) is 2.18. The summed E-state index contributed by atoms with van der Waals surface area (Å²) in [7, 11) is -1.26. The van der Waals surface area contributed by atoms with Crippen molar-refractivity contribution in [2.45, 2.75) is 25.0 Å². The van der Waals surface area contributed by atoms with Crippen molar-refractivity contribution >= 4 is 17.1 Å². The van der Waals surface area contributed by atoms with Crippen molar-refractivity contribution in [3.8, 4) is 0 Å². The summed E-state index contributed by atoms with van der Waals surface area (Å²) in [6.45, 7) is 3.35. The quantitative estimate of drug-likeness (QED) is 0.724. The van der Waals surface area contributed by atoms with E-state index >= 15 is 0 Å². The third-order valence-electron chi connectivity index (χ3n) is 2.30. The molecule has 0 aromatic carbocycles. The first kappa shape index (κ1) is 11.5. The summed E-state index contributed by atoms with van der Waals surface area (Å²) in [6.07, 6.45) is 1.11. The van der Waals surface area contributed by atoms with Crippen LogP contribution in [0.15, 0.2) is 0 Å². The molecule has 0 aromatic heterocycles. The lowest BCUT2D eigenvalue weighted by atomic mass is 10.1. The maximum Gasteiger partial charge on any atom is 0.409 e. The molecule has 1 aliphatic rings. The highest BCUT2D eigenvalue weighted by molar-refractivity contribution is 7.83. The van der Waals surface area contributed by atoms with Gasteiger partial charge >= 0.3 is 6.09 Å². The number of ether oxygens (including phenoxy) is 1. The Morgan fingerprint density at radius 1 is 1.57 bits per heavy atom. The van der Waals surface area contributed by atoms with Crippen LogP contribution in [0.25, 0.3) is 0 Å². The van der Waals surface area contributed by atoms with Crippen LogP contribution in [0.5, 0.6) is 0 Å². The SMILES string of the molecule is CCOC(=O)N1CCC(S(N)=O)CC1. The topological polar surface area (TPSA) is 72.6 Å². The Kier molecular flexibility index (Phi) is 4.34. The molecule has 0 saturated carbocycles. The van der Waals surface area contributed by atoms with Crippen molar-refractivity contribution in [1.29, 1.82) is 0 Å². The van der Waals surface area contributed by atoms with Gasteiger partial charge in [0.05, 0.1) is 22.8 Å².